The summed E-state index contributed by atoms with van der Waals surface area (Å²) < 4.78 is 7.16. The topological polar surface area (TPSA) is 9.23 Å². The molecule has 2 aromatic rings. The molecule has 14 heavy (non-hydrogen) atoms. The minimum absolute atomic E-state index is 0.129. The molecule has 1 aromatic heterocycles. The Bertz CT molecular complexity index is 437. The number of hydrogen-bond donors (Lipinski definition) is 0. The quantitative estimate of drug-likeness (QED) is 0.683. The van der Waals surface area contributed by atoms with Gasteiger partial charge in [0.05, 0.1) is 0 Å². The number of fused-ring (bicyclic) bond motifs is 1. The minimum atomic E-state index is -0.129. The van der Waals surface area contributed by atoms with Crippen LogP contribution in [0, 0.1) is 0 Å². The Hall–Kier alpha value is -1.02. The van der Waals surface area contributed by atoms with Crippen molar-refractivity contribution in [1.82, 2.24) is 0 Å². The molecule has 1 aromatic carbocycles. The lowest BCUT2D eigenvalue weighted by Gasteiger charge is -2.21. The van der Waals surface area contributed by atoms with Gasteiger partial charge in [0.25, 0.3) is 0 Å². The highest BCUT2D eigenvalue weighted by Gasteiger charge is 2.13. The minimum Gasteiger partial charge on any atom is -0.487 e. The van der Waals surface area contributed by atoms with Crippen LogP contribution in [0.3, 0.4) is 0 Å². The molecule has 1 nitrogen and oxygen atoms in total. The molecule has 0 atom stereocenters. The Morgan fingerprint density at radius 1 is 1.14 bits per heavy atom. The van der Waals surface area contributed by atoms with Gasteiger partial charge in [-0.15, -0.1) is 11.3 Å². The van der Waals surface area contributed by atoms with Gasteiger partial charge in [-0.05, 0) is 44.4 Å². The van der Waals surface area contributed by atoms with Gasteiger partial charge in [0.15, 0.2) is 0 Å². The van der Waals surface area contributed by atoms with E-state index in [2.05, 4.69) is 38.3 Å². The van der Waals surface area contributed by atoms with E-state index in [0.29, 0.717) is 0 Å². The summed E-state index contributed by atoms with van der Waals surface area (Å²) in [6.07, 6.45) is 0. The molecule has 0 spiro atoms. The Labute approximate surface area is 88.3 Å². The smallest absolute Gasteiger partial charge is 0.128 e. The van der Waals surface area contributed by atoms with Crippen molar-refractivity contribution in [3.8, 4) is 5.75 Å². The van der Waals surface area contributed by atoms with E-state index in [4.69, 9.17) is 4.74 Å². The molecule has 0 saturated heterocycles. The standard InChI is InChI=1S/C12H14OS/c1-12(2,3)13-10-5-4-6-11-9(10)7-8-14-11/h4-8H,1-3H3. The van der Waals surface area contributed by atoms with Gasteiger partial charge < -0.3 is 4.74 Å². The third-order valence-corrected chi connectivity index (χ3v) is 2.75. The molecule has 74 valence electrons. The lowest BCUT2D eigenvalue weighted by molar-refractivity contribution is 0.133. The molecule has 0 N–H and O–H groups in total. The van der Waals surface area contributed by atoms with Gasteiger partial charge in [0.2, 0.25) is 0 Å². The van der Waals surface area contributed by atoms with Crippen LogP contribution < -0.4 is 4.74 Å². The summed E-state index contributed by atoms with van der Waals surface area (Å²) >= 11 is 1.75. The first kappa shape index (κ1) is 9.53. The molecule has 0 radical (unpaired) electrons. The molecule has 0 fully saturated rings. The lowest BCUT2D eigenvalue weighted by atomic mass is 10.2. The van der Waals surface area contributed by atoms with E-state index in [9.17, 15) is 0 Å². The van der Waals surface area contributed by atoms with Crippen LogP contribution in [0.2, 0.25) is 0 Å². The molecule has 0 bridgehead atoms. The fourth-order valence-electron chi connectivity index (χ4n) is 1.39. The van der Waals surface area contributed by atoms with Crippen molar-refractivity contribution >= 4 is 21.4 Å². The average molecular weight is 206 g/mol. The van der Waals surface area contributed by atoms with Crippen molar-refractivity contribution in [2.45, 2.75) is 26.4 Å². The fourth-order valence-corrected chi connectivity index (χ4v) is 2.19. The monoisotopic (exact) mass is 206 g/mol. The second kappa shape index (κ2) is 3.28. The van der Waals surface area contributed by atoms with Gasteiger partial charge in [0.1, 0.15) is 11.4 Å². The van der Waals surface area contributed by atoms with E-state index in [-0.39, 0.29) is 5.60 Å². The largest absolute Gasteiger partial charge is 0.487 e. The molecule has 0 aliphatic rings. The van der Waals surface area contributed by atoms with Crippen LogP contribution >= 0.6 is 11.3 Å². The molecule has 2 rings (SSSR count). The SMILES string of the molecule is CC(C)(C)Oc1cccc2sccc12. The van der Waals surface area contributed by atoms with Crippen LogP contribution in [0.4, 0.5) is 0 Å². The van der Waals surface area contributed by atoms with Crippen molar-refractivity contribution in [2.75, 3.05) is 0 Å². The predicted octanol–water partition coefficient (Wildman–Crippen LogP) is 4.08. The number of hydrogen-bond acceptors (Lipinski definition) is 2. The van der Waals surface area contributed by atoms with E-state index in [0.717, 1.165) is 5.75 Å². The molecular weight excluding hydrogens is 192 g/mol. The molecule has 0 aliphatic heterocycles. The van der Waals surface area contributed by atoms with Crippen molar-refractivity contribution in [3.05, 3.63) is 29.6 Å². The zero-order valence-electron chi connectivity index (χ0n) is 8.70. The number of ether oxygens (including phenoxy) is 1. The van der Waals surface area contributed by atoms with Crippen molar-refractivity contribution in [1.29, 1.82) is 0 Å². The highest BCUT2D eigenvalue weighted by Crippen LogP contribution is 2.31. The first-order valence-corrected chi connectivity index (χ1v) is 5.59. The van der Waals surface area contributed by atoms with Gasteiger partial charge in [-0.3, -0.25) is 0 Å². The lowest BCUT2D eigenvalue weighted by Crippen LogP contribution is -2.22. The van der Waals surface area contributed by atoms with Gasteiger partial charge in [-0.25, -0.2) is 0 Å². The van der Waals surface area contributed by atoms with Crippen LogP contribution in [0.1, 0.15) is 20.8 Å². The molecular formula is C12H14OS. The maximum Gasteiger partial charge on any atom is 0.128 e. The maximum absolute atomic E-state index is 5.88. The summed E-state index contributed by atoms with van der Waals surface area (Å²) in [5.41, 5.74) is -0.129. The van der Waals surface area contributed by atoms with Crippen molar-refractivity contribution in [3.63, 3.8) is 0 Å². The van der Waals surface area contributed by atoms with E-state index in [1.807, 2.05) is 12.1 Å². The Balaban J connectivity index is 2.46. The maximum atomic E-state index is 5.88. The second-order valence-electron chi connectivity index (χ2n) is 4.30. The van der Waals surface area contributed by atoms with E-state index in [1.54, 1.807) is 11.3 Å². The summed E-state index contributed by atoms with van der Waals surface area (Å²) in [7, 11) is 0. The van der Waals surface area contributed by atoms with Crippen LogP contribution in [0.5, 0.6) is 5.75 Å². The number of thiophene rings is 1. The normalized spacial score (nSPS) is 11.9. The summed E-state index contributed by atoms with van der Waals surface area (Å²) in [6, 6.07) is 8.30. The summed E-state index contributed by atoms with van der Waals surface area (Å²) in [5.74, 6) is 0.983. The van der Waals surface area contributed by atoms with Gasteiger partial charge in [0, 0.05) is 10.1 Å². The zero-order chi connectivity index (χ0) is 10.2. The van der Waals surface area contributed by atoms with Crippen molar-refractivity contribution in [2.24, 2.45) is 0 Å². The Morgan fingerprint density at radius 2 is 1.93 bits per heavy atom. The predicted molar refractivity (Wildman–Crippen MR) is 62.2 cm³/mol. The zero-order valence-corrected chi connectivity index (χ0v) is 9.52. The second-order valence-corrected chi connectivity index (χ2v) is 5.25. The molecule has 0 aliphatic carbocycles. The number of benzene rings is 1. The van der Waals surface area contributed by atoms with Crippen LogP contribution in [-0.2, 0) is 0 Å². The fraction of sp³-hybridized carbons (Fsp3) is 0.333. The highest BCUT2D eigenvalue weighted by molar-refractivity contribution is 7.17. The summed E-state index contributed by atoms with van der Waals surface area (Å²) in [6.45, 7) is 6.20. The molecule has 2 heteroatoms. The highest BCUT2D eigenvalue weighted by atomic mass is 32.1. The first-order valence-electron chi connectivity index (χ1n) is 4.71. The molecule has 0 amide bonds. The summed E-state index contributed by atoms with van der Waals surface area (Å²) in [5, 5.41) is 3.31. The van der Waals surface area contributed by atoms with E-state index < -0.39 is 0 Å². The molecule has 0 saturated carbocycles. The first-order chi connectivity index (χ1) is 6.56. The van der Waals surface area contributed by atoms with Crippen LogP contribution in [0.25, 0.3) is 10.1 Å². The van der Waals surface area contributed by atoms with Gasteiger partial charge in [-0.2, -0.15) is 0 Å². The Morgan fingerprint density at radius 3 is 2.64 bits per heavy atom. The van der Waals surface area contributed by atoms with Gasteiger partial charge in [-0.1, -0.05) is 6.07 Å². The van der Waals surface area contributed by atoms with Crippen LogP contribution in [0.15, 0.2) is 29.6 Å². The summed E-state index contributed by atoms with van der Waals surface area (Å²) in [4.78, 5) is 0. The number of rotatable bonds is 1. The third kappa shape index (κ3) is 1.90. The van der Waals surface area contributed by atoms with E-state index >= 15 is 0 Å². The average Bonchev–Trinajstić information content (AvgIpc) is 2.49. The Kier molecular flexibility index (Phi) is 2.23. The van der Waals surface area contributed by atoms with Crippen molar-refractivity contribution < 1.29 is 4.74 Å². The molecule has 1 heterocycles. The van der Waals surface area contributed by atoms with Crippen LogP contribution in [-0.4, -0.2) is 5.60 Å². The third-order valence-electron chi connectivity index (χ3n) is 1.87. The van der Waals surface area contributed by atoms with E-state index in [1.165, 1.54) is 10.1 Å². The molecule has 0 unspecified atom stereocenters. The van der Waals surface area contributed by atoms with Gasteiger partial charge >= 0.3 is 0 Å².